The van der Waals surface area contributed by atoms with Gasteiger partial charge in [-0.15, -0.1) is 23.2 Å². The zero-order valence-electron chi connectivity index (χ0n) is 7.05. The average Bonchev–Trinajstić information content (AvgIpc) is 2.07. The molecule has 4 heteroatoms. The normalized spacial score (nSPS) is 12.5. The molecule has 0 aromatic rings. The van der Waals surface area contributed by atoms with Crippen LogP contribution in [-0.4, -0.2) is 11.8 Å². The van der Waals surface area contributed by atoms with Gasteiger partial charge in [-0.25, -0.2) is 0 Å². The van der Waals surface area contributed by atoms with Crippen LogP contribution in [0.4, 0.5) is 0 Å². The molecule has 0 unspecified atom stereocenters. The second kappa shape index (κ2) is 6.59. The summed E-state index contributed by atoms with van der Waals surface area (Å²) in [4.78, 5) is 0.306. The maximum atomic E-state index is 5.78. The van der Waals surface area contributed by atoms with E-state index in [9.17, 15) is 0 Å². The Balaban J connectivity index is 4.15. The van der Waals surface area contributed by atoms with E-state index < -0.39 is 0 Å². The van der Waals surface area contributed by atoms with Crippen molar-refractivity contribution < 1.29 is 0 Å². The van der Waals surface area contributed by atoms with Crippen molar-refractivity contribution >= 4 is 46.4 Å². The lowest BCUT2D eigenvalue weighted by Gasteiger charge is -2.29. The highest BCUT2D eigenvalue weighted by atomic mass is 35.5. The molecule has 0 aromatic carbocycles. The monoisotopic (exact) mass is 249 g/mol. The third-order valence-corrected chi connectivity index (χ3v) is 3.75. The van der Waals surface area contributed by atoms with E-state index in [4.69, 9.17) is 46.4 Å². The van der Waals surface area contributed by atoms with Crippen molar-refractivity contribution in [2.45, 2.75) is 26.2 Å². The predicted octanol–water partition coefficient (Wildman–Crippen LogP) is 4.61. The first kappa shape index (κ1) is 13.2. The summed E-state index contributed by atoms with van der Waals surface area (Å²) >= 11 is 23.1. The van der Waals surface area contributed by atoms with Gasteiger partial charge in [0.05, 0.1) is 0 Å². The van der Waals surface area contributed by atoms with E-state index in [-0.39, 0.29) is 5.41 Å². The first-order valence-electron chi connectivity index (χ1n) is 3.93. The van der Waals surface area contributed by atoms with Gasteiger partial charge in [0.1, 0.15) is 0 Å². The summed E-state index contributed by atoms with van der Waals surface area (Å²) in [6.45, 7) is 2.11. The molecular formula is C8H13Cl4. The minimum absolute atomic E-state index is 0.306. The van der Waals surface area contributed by atoms with E-state index in [0.29, 0.717) is 16.6 Å². The third-order valence-electron chi connectivity index (χ3n) is 1.92. The lowest BCUT2D eigenvalue weighted by atomic mass is 9.89. The molecule has 0 N–H and O–H groups in total. The molecule has 0 aliphatic heterocycles. The van der Waals surface area contributed by atoms with Crippen molar-refractivity contribution in [3.63, 3.8) is 0 Å². The molecule has 12 heavy (non-hydrogen) atoms. The maximum absolute atomic E-state index is 5.78. The highest BCUT2D eigenvalue weighted by Gasteiger charge is 2.35. The van der Waals surface area contributed by atoms with Gasteiger partial charge in [-0.05, 0) is 6.42 Å². The van der Waals surface area contributed by atoms with Crippen LogP contribution in [0.25, 0.3) is 0 Å². The zero-order valence-corrected chi connectivity index (χ0v) is 10.1. The first-order valence-corrected chi connectivity index (χ1v) is 5.76. The van der Waals surface area contributed by atoms with Gasteiger partial charge < -0.3 is 0 Å². The van der Waals surface area contributed by atoms with E-state index in [1.165, 1.54) is 0 Å². The molecular weight excluding hydrogens is 238 g/mol. The lowest BCUT2D eigenvalue weighted by molar-refractivity contribution is 0.405. The van der Waals surface area contributed by atoms with Gasteiger partial charge in [0.15, 0.2) is 4.84 Å². The molecule has 0 nitrogen and oxygen atoms in total. The molecule has 0 atom stereocenters. The number of halogens is 4. The highest BCUT2D eigenvalue weighted by Crippen LogP contribution is 2.42. The number of hydrogen-bond acceptors (Lipinski definition) is 0. The molecule has 0 aliphatic carbocycles. The van der Waals surface area contributed by atoms with E-state index in [1.807, 2.05) is 0 Å². The Morgan fingerprint density at radius 2 is 1.67 bits per heavy atom. The Kier molecular flexibility index (Phi) is 7.23. The van der Waals surface area contributed by atoms with E-state index in [1.54, 1.807) is 0 Å². The molecule has 0 heterocycles. The molecule has 0 aliphatic rings. The predicted molar refractivity (Wildman–Crippen MR) is 58.3 cm³/mol. The molecule has 0 rings (SSSR count). The first-order chi connectivity index (χ1) is 5.63. The van der Waals surface area contributed by atoms with Crippen molar-refractivity contribution in [1.29, 1.82) is 0 Å². The van der Waals surface area contributed by atoms with Crippen LogP contribution in [0.2, 0.25) is 0 Å². The minimum Gasteiger partial charge on any atom is -0.126 e. The fourth-order valence-electron chi connectivity index (χ4n) is 0.880. The van der Waals surface area contributed by atoms with Crippen LogP contribution in [0.5, 0.6) is 0 Å². The summed E-state index contributed by atoms with van der Waals surface area (Å²) in [5.74, 6) is 0.775. The number of unbranched alkanes of at least 4 members (excludes halogenated alkanes) is 1. The molecule has 0 saturated heterocycles. The van der Waals surface area contributed by atoms with Crippen molar-refractivity contribution in [2.75, 3.05) is 11.8 Å². The quantitative estimate of drug-likeness (QED) is 0.604. The Morgan fingerprint density at radius 1 is 1.17 bits per heavy atom. The number of alkyl halides is 2. The van der Waals surface area contributed by atoms with Crippen LogP contribution in [-0.2, 0) is 0 Å². The third kappa shape index (κ3) is 3.49. The van der Waals surface area contributed by atoms with Crippen molar-refractivity contribution in [2.24, 2.45) is 5.41 Å². The number of hydrogen-bond donors (Lipinski definition) is 0. The van der Waals surface area contributed by atoms with Gasteiger partial charge in [-0.1, -0.05) is 43.0 Å². The minimum atomic E-state index is -0.387. The van der Waals surface area contributed by atoms with Crippen LogP contribution in [0, 0.1) is 10.3 Å². The Hall–Kier alpha value is 1.16. The summed E-state index contributed by atoms with van der Waals surface area (Å²) in [5.41, 5.74) is -0.387. The Labute approximate surface area is 94.5 Å². The molecule has 0 saturated carbocycles. The summed E-state index contributed by atoms with van der Waals surface area (Å²) < 4.78 is 0. The Bertz CT molecular complexity index is 110. The van der Waals surface area contributed by atoms with E-state index >= 15 is 0 Å². The SMILES string of the molecule is CCCCC(CCl)(CCl)[C](Cl)Cl. The largest absolute Gasteiger partial charge is 0.159 e. The van der Waals surface area contributed by atoms with Crippen LogP contribution in [0.1, 0.15) is 26.2 Å². The van der Waals surface area contributed by atoms with Crippen molar-refractivity contribution in [1.82, 2.24) is 0 Å². The summed E-state index contributed by atoms with van der Waals surface area (Å²) in [7, 11) is 0. The highest BCUT2D eigenvalue weighted by molar-refractivity contribution is 6.53. The van der Waals surface area contributed by atoms with Gasteiger partial charge in [-0.2, -0.15) is 0 Å². The van der Waals surface area contributed by atoms with Crippen molar-refractivity contribution in [3.8, 4) is 0 Å². The van der Waals surface area contributed by atoms with Crippen LogP contribution in [0.3, 0.4) is 0 Å². The fourth-order valence-corrected chi connectivity index (χ4v) is 2.43. The van der Waals surface area contributed by atoms with Gasteiger partial charge in [0.25, 0.3) is 0 Å². The molecule has 73 valence electrons. The van der Waals surface area contributed by atoms with Gasteiger partial charge >= 0.3 is 0 Å². The average molecular weight is 251 g/mol. The maximum Gasteiger partial charge on any atom is 0.159 e. The standard InChI is InChI=1S/C8H13Cl4/c1-2-3-4-8(5-9,6-10)7(11)12/h2-6H2,1H3. The summed E-state index contributed by atoms with van der Waals surface area (Å²) in [5, 5.41) is 0. The summed E-state index contributed by atoms with van der Waals surface area (Å²) in [6, 6.07) is 0. The van der Waals surface area contributed by atoms with Crippen LogP contribution >= 0.6 is 46.4 Å². The number of rotatable bonds is 6. The summed E-state index contributed by atoms with van der Waals surface area (Å²) in [6.07, 6.45) is 3.00. The fraction of sp³-hybridized carbons (Fsp3) is 0.875. The smallest absolute Gasteiger partial charge is 0.126 e. The van der Waals surface area contributed by atoms with Gasteiger partial charge in [0, 0.05) is 17.2 Å². The van der Waals surface area contributed by atoms with Gasteiger partial charge in [-0.3, -0.25) is 0 Å². The molecule has 1 radical (unpaired) electrons. The molecule has 0 spiro atoms. The molecule has 0 aromatic heterocycles. The van der Waals surface area contributed by atoms with E-state index in [2.05, 4.69) is 6.92 Å². The van der Waals surface area contributed by atoms with Crippen LogP contribution < -0.4 is 0 Å². The topological polar surface area (TPSA) is 0 Å². The molecule has 0 amide bonds. The molecule has 0 fully saturated rings. The lowest BCUT2D eigenvalue weighted by Crippen LogP contribution is -2.27. The van der Waals surface area contributed by atoms with Crippen molar-refractivity contribution in [3.05, 3.63) is 4.84 Å². The molecule has 0 bridgehead atoms. The second-order valence-corrected chi connectivity index (χ2v) is 4.40. The second-order valence-electron chi connectivity index (χ2n) is 2.91. The zero-order chi connectivity index (χ0) is 9.61. The Morgan fingerprint density at radius 3 is 1.92 bits per heavy atom. The van der Waals surface area contributed by atoms with E-state index in [0.717, 1.165) is 19.3 Å². The van der Waals surface area contributed by atoms with Gasteiger partial charge in [0.2, 0.25) is 0 Å². The van der Waals surface area contributed by atoms with Crippen LogP contribution in [0.15, 0.2) is 0 Å².